The molecular formula is C12H14N2O4. The van der Waals surface area contributed by atoms with Gasteiger partial charge in [-0.05, 0) is 17.7 Å². The highest BCUT2D eigenvalue weighted by Crippen LogP contribution is 2.32. The van der Waals surface area contributed by atoms with Gasteiger partial charge in [-0.1, -0.05) is 6.07 Å². The van der Waals surface area contributed by atoms with Gasteiger partial charge in [0.25, 0.3) is 5.91 Å². The van der Waals surface area contributed by atoms with Crippen LogP contribution in [0.3, 0.4) is 0 Å². The Morgan fingerprint density at radius 2 is 2.28 bits per heavy atom. The molecule has 96 valence electrons. The molecule has 6 nitrogen and oxygen atoms in total. The smallest absolute Gasteiger partial charge is 0.305 e. The molecule has 1 aromatic carbocycles. The number of rotatable bonds is 4. The Balaban J connectivity index is 2.29. The molecule has 0 aliphatic carbocycles. The number of amides is 1. The lowest BCUT2D eigenvalue weighted by Crippen LogP contribution is -2.40. The second kappa shape index (κ2) is 5.05. The van der Waals surface area contributed by atoms with Crippen molar-refractivity contribution in [1.29, 1.82) is 0 Å². The fraction of sp³-hybridized carbons (Fsp3) is 0.333. The van der Waals surface area contributed by atoms with Gasteiger partial charge in [0.1, 0.15) is 5.75 Å². The molecule has 3 N–H and O–H groups in total. The highest BCUT2D eigenvalue weighted by Gasteiger charge is 2.25. The van der Waals surface area contributed by atoms with Crippen LogP contribution in [0.25, 0.3) is 0 Å². The fourth-order valence-corrected chi connectivity index (χ4v) is 1.83. The minimum atomic E-state index is -0.939. The summed E-state index contributed by atoms with van der Waals surface area (Å²) in [6.07, 6.45) is -0.0992. The van der Waals surface area contributed by atoms with E-state index in [1.165, 1.54) is 4.90 Å². The molecule has 6 heteroatoms. The third-order valence-electron chi connectivity index (χ3n) is 2.75. The lowest BCUT2D eigenvalue weighted by Gasteiger charge is -2.29. The number of ether oxygens (including phenoxy) is 1. The maximum absolute atomic E-state index is 11.7. The van der Waals surface area contributed by atoms with E-state index in [9.17, 15) is 9.59 Å². The molecule has 0 unspecified atom stereocenters. The van der Waals surface area contributed by atoms with Crippen LogP contribution in [-0.4, -0.2) is 30.1 Å². The van der Waals surface area contributed by atoms with Gasteiger partial charge in [0.05, 0.1) is 12.1 Å². The van der Waals surface area contributed by atoms with Crippen molar-refractivity contribution in [3.05, 3.63) is 23.8 Å². The minimum Gasteiger partial charge on any atom is -0.482 e. The minimum absolute atomic E-state index is 0.0609. The third-order valence-corrected chi connectivity index (χ3v) is 2.75. The van der Waals surface area contributed by atoms with Crippen LogP contribution in [0, 0.1) is 0 Å². The number of anilines is 1. The molecule has 0 saturated heterocycles. The molecule has 1 aliphatic heterocycles. The van der Waals surface area contributed by atoms with Gasteiger partial charge in [0, 0.05) is 13.1 Å². The van der Waals surface area contributed by atoms with Crippen molar-refractivity contribution in [1.82, 2.24) is 0 Å². The summed E-state index contributed by atoms with van der Waals surface area (Å²) in [6, 6.07) is 5.33. The van der Waals surface area contributed by atoms with E-state index in [1.54, 1.807) is 12.1 Å². The Morgan fingerprint density at radius 3 is 2.94 bits per heavy atom. The van der Waals surface area contributed by atoms with Crippen LogP contribution in [0.1, 0.15) is 12.0 Å². The molecular weight excluding hydrogens is 236 g/mol. The molecule has 0 atom stereocenters. The first-order valence-electron chi connectivity index (χ1n) is 5.60. The van der Waals surface area contributed by atoms with E-state index in [-0.39, 0.29) is 25.5 Å². The molecule has 2 rings (SSSR count). The Bertz CT molecular complexity index is 487. The number of benzene rings is 1. The van der Waals surface area contributed by atoms with Crippen molar-refractivity contribution in [2.45, 2.75) is 13.0 Å². The van der Waals surface area contributed by atoms with Gasteiger partial charge in [0.2, 0.25) is 0 Å². The predicted molar refractivity (Wildman–Crippen MR) is 64.4 cm³/mol. The van der Waals surface area contributed by atoms with Crippen molar-refractivity contribution < 1.29 is 19.4 Å². The van der Waals surface area contributed by atoms with Gasteiger partial charge in [-0.25, -0.2) is 0 Å². The third kappa shape index (κ3) is 2.43. The molecule has 0 fully saturated rings. The first-order chi connectivity index (χ1) is 8.61. The van der Waals surface area contributed by atoms with Gasteiger partial charge in [-0.3, -0.25) is 9.59 Å². The van der Waals surface area contributed by atoms with E-state index in [4.69, 9.17) is 15.6 Å². The zero-order valence-corrected chi connectivity index (χ0v) is 9.76. The van der Waals surface area contributed by atoms with Crippen LogP contribution in [0.2, 0.25) is 0 Å². The number of carboxylic acid groups (broad SMARTS) is 1. The number of carbonyl (C=O) groups excluding carboxylic acids is 1. The number of hydrogen-bond acceptors (Lipinski definition) is 4. The Hall–Kier alpha value is -2.08. The van der Waals surface area contributed by atoms with E-state index in [2.05, 4.69) is 0 Å². The van der Waals surface area contributed by atoms with Crippen molar-refractivity contribution in [2.24, 2.45) is 5.73 Å². The molecule has 1 aliphatic rings. The molecule has 0 saturated carbocycles. The van der Waals surface area contributed by atoms with Crippen LogP contribution >= 0.6 is 0 Å². The van der Waals surface area contributed by atoms with Gasteiger partial charge in [-0.2, -0.15) is 0 Å². The normalized spacial score (nSPS) is 14.1. The summed E-state index contributed by atoms with van der Waals surface area (Å²) < 4.78 is 5.29. The maximum Gasteiger partial charge on any atom is 0.305 e. The molecule has 0 bridgehead atoms. The summed E-state index contributed by atoms with van der Waals surface area (Å²) >= 11 is 0. The van der Waals surface area contributed by atoms with Gasteiger partial charge < -0.3 is 20.5 Å². The topological polar surface area (TPSA) is 92.9 Å². The van der Waals surface area contributed by atoms with Crippen LogP contribution in [0.15, 0.2) is 18.2 Å². The van der Waals surface area contributed by atoms with E-state index in [1.807, 2.05) is 6.07 Å². The standard InChI is InChI=1S/C12H14N2O4/c13-6-8-1-2-10-9(5-8)14(4-3-12(16)17)11(15)7-18-10/h1-2,5H,3-4,6-7,13H2,(H,16,17). The summed E-state index contributed by atoms with van der Waals surface area (Å²) in [5.41, 5.74) is 7.01. The average molecular weight is 250 g/mol. The molecule has 1 heterocycles. The van der Waals surface area contributed by atoms with Crippen LogP contribution < -0.4 is 15.4 Å². The lowest BCUT2D eigenvalue weighted by molar-refractivity contribution is -0.136. The highest BCUT2D eigenvalue weighted by atomic mass is 16.5. The zero-order valence-electron chi connectivity index (χ0n) is 9.76. The number of carboxylic acids is 1. The first-order valence-corrected chi connectivity index (χ1v) is 5.60. The monoisotopic (exact) mass is 250 g/mol. The summed E-state index contributed by atoms with van der Waals surface area (Å²) in [6.45, 7) is 0.432. The second-order valence-corrected chi connectivity index (χ2v) is 3.98. The van der Waals surface area contributed by atoms with Gasteiger partial charge >= 0.3 is 5.97 Å². The predicted octanol–water partition coefficient (Wildman–Crippen LogP) is 0.345. The van der Waals surface area contributed by atoms with Crippen molar-refractivity contribution in [3.63, 3.8) is 0 Å². The van der Waals surface area contributed by atoms with Crippen LogP contribution in [0.5, 0.6) is 5.75 Å². The van der Waals surface area contributed by atoms with Gasteiger partial charge in [-0.15, -0.1) is 0 Å². The fourth-order valence-electron chi connectivity index (χ4n) is 1.83. The zero-order chi connectivity index (χ0) is 13.1. The molecule has 18 heavy (non-hydrogen) atoms. The molecule has 0 spiro atoms. The SMILES string of the molecule is NCc1ccc2c(c1)N(CCC(=O)O)C(=O)CO2. The number of aliphatic carboxylic acids is 1. The number of nitrogens with two attached hydrogens (primary N) is 1. The Kier molecular flexibility index (Phi) is 3.47. The Labute approximate surface area is 104 Å². The van der Waals surface area contributed by atoms with Gasteiger partial charge in [0.15, 0.2) is 6.61 Å². The average Bonchev–Trinajstić information content (AvgIpc) is 2.36. The van der Waals surface area contributed by atoms with E-state index in [0.29, 0.717) is 18.0 Å². The quantitative estimate of drug-likeness (QED) is 0.804. The first kappa shape index (κ1) is 12.4. The van der Waals surface area contributed by atoms with Crippen LogP contribution in [-0.2, 0) is 16.1 Å². The molecule has 1 amide bonds. The number of carbonyl (C=O) groups is 2. The number of nitrogens with zero attached hydrogens (tertiary/aromatic N) is 1. The largest absolute Gasteiger partial charge is 0.482 e. The van der Waals surface area contributed by atoms with Crippen LogP contribution in [0.4, 0.5) is 5.69 Å². The van der Waals surface area contributed by atoms with E-state index in [0.717, 1.165) is 5.56 Å². The molecule has 1 aromatic rings. The number of hydrogen-bond donors (Lipinski definition) is 2. The maximum atomic E-state index is 11.7. The molecule has 0 aromatic heterocycles. The summed E-state index contributed by atoms with van der Waals surface area (Å²) in [5.74, 6) is -0.596. The Morgan fingerprint density at radius 1 is 1.50 bits per heavy atom. The summed E-state index contributed by atoms with van der Waals surface area (Å²) in [5, 5.41) is 8.69. The van der Waals surface area contributed by atoms with E-state index < -0.39 is 5.97 Å². The van der Waals surface area contributed by atoms with Crippen molar-refractivity contribution in [3.8, 4) is 5.75 Å². The molecule has 0 radical (unpaired) electrons. The van der Waals surface area contributed by atoms with Crippen molar-refractivity contribution in [2.75, 3.05) is 18.1 Å². The summed E-state index contributed by atoms with van der Waals surface area (Å²) in [7, 11) is 0. The number of fused-ring (bicyclic) bond motifs is 1. The highest BCUT2D eigenvalue weighted by molar-refractivity contribution is 5.98. The van der Waals surface area contributed by atoms with E-state index >= 15 is 0 Å². The lowest BCUT2D eigenvalue weighted by atomic mass is 10.1. The van der Waals surface area contributed by atoms with Crippen molar-refractivity contribution >= 4 is 17.6 Å². The second-order valence-electron chi connectivity index (χ2n) is 3.98. The summed E-state index contributed by atoms with van der Waals surface area (Å²) in [4.78, 5) is 23.8.